The number of hydrogen-bond acceptors (Lipinski definition) is 4. The van der Waals surface area contributed by atoms with Gasteiger partial charge in [0.1, 0.15) is 18.5 Å². The average molecular weight is 278 g/mol. The zero-order valence-electron chi connectivity index (χ0n) is 12.5. The molecule has 0 bridgehead atoms. The maximum atomic E-state index is 10.2. The molecule has 0 radical (unpaired) electrons. The van der Waals surface area contributed by atoms with Gasteiger partial charge in [-0.25, -0.2) is 0 Å². The molecule has 0 spiro atoms. The van der Waals surface area contributed by atoms with Crippen molar-refractivity contribution in [2.75, 3.05) is 19.7 Å². The monoisotopic (exact) mass is 278 g/mol. The van der Waals surface area contributed by atoms with E-state index in [0.717, 1.165) is 17.9 Å². The molecule has 1 heterocycles. The van der Waals surface area contributed by atoms with Gasteiger partial charge in [-0.3, -0.25) is 4.90 Å². The van der Waals surface area contributed by atoms with Gasteiger partial charge in [0.15, 0.2) is 0 Å². The van der Waals surface area contributed by atoms with Gasteiger partial charge >= 0.3 is 0 Å². The van der Waals surface area contributed by atoms with Crippen molar-refractivity contribution in [3.05, 3.63) is 29.8 Å². The Hall–Kier alpha value is -1.10. The lowest BCUT2D eigenvalue weighted by Crippen LogP contribution is -2.44. The summed E-state index contributed by atoms with van der Waals surface area (Å²) in [5.74, 6) is 0.773. The van der Waals surface area contributed by atoms with Crippen LogP contribution in [0.4, 0.5) is 0 Å². The molecule has 1 aliphatic rings. The number of nitrogens with zero attached hydrogens (tertiary/aromatic N) is 1. The zero-order chi connectivity index (χ0) is 14.6. The fourth-order valence-corrected chi connectivity index (χ4v) is 2.81. The van der Waals surface area contributed by atoms with Gasteiger partial charge in [0.2, 0.25) is 0 Å². The summed E-state index contributed by atoms with van der Waals surface area (Å²) in [4.78, 5) is 2.34. The van der Waals surface area contributed by atoms with E-state index in [4.69, 9.17) is 10.5 Å². The number of benzene rings is 1. The molecule has 0 aliphatic carbocycles. The van der Waals surface area contributed by atoms with Crippen LogP contribution < -0.4 is 10.5 Å². The first kappa shape index (κ1) is 15.3. The second-order valence-corrected chi connectivity index (χ2v) is 6.14. The van der Waals surface area contributed by atoms with Crippen LogP contribution in [-0.4, -0.2) is 41.3 Å². The van der Waals surface area contributed by atoms with E-state index in [9.17, 15) is 5.11 Å². The molecular formula is C16H26N2O2. The summed E-state index contributed by atoms with van der Waals surface area (Å²) in [6.45, 7) is 6.95. The summed E-state index contributed by atoms with van der Waals surface area (Å²) in [7, 11) is 0. The summed E-state index contributed by atoms with van der Waals surface area (Å²) in [6.07, 6.45) is 1.92. The highest BCUT2D eigenvalue weighted by atomic mass is 16.5. The summed E-state index contributed by atoms with van der Waals surface area (Å²) in [6, 6.07) is 7.71. The van der Waals surface area contributed by atoms with E-state index in [2.05, 4.69) is 18.7 Å². The van der Waals surface area contributed by atoms with Gasteiger partial charge in [0.25, 0.3) is 0 Å². The number of rotatable bonds is 6. The Balaban J connectivity index is 1.84. The molecule has 0 saturated carbocycles. The average Bonchev–Trinajstić information content (AvgIpc) is 2.76. The first-order valence-electron chi connectivity index (χ1n) is 7.37. The highest BCUT2D eigenvalue weighted by Gasteiger charge is 2.32. The second-order valence-electron chi connectivity index (χ2n) is 6.14. The molecule has 1 atom stereocenters. The molecule has 4 nitrogen and oxygen atoms in total. The lowest BCUT2D eigenvalue weighted by molar-refractivity contribution is 0.0462. The van der Waals surface area contributed by atoms with Gasteiger partial charge in [-0.15, -0.1) is 0 Å². The number of aliphatic hydroxyl groups excluding tert-OH is 1. The van der Waals surface area contributed by atoms with Crippen molar-refractivity contribution >= 4 is 0 Å². The smallest absolute Gasteiger partial charge is 0.123 e. The van der Waals surface area contributed by atoms with Gasteiger partial charge in [-0.1, -0.05) is 18.2 Å². The van der Waals surface area contributed by atoms with Crippen molar-refractivity contribution in [2.45, 2.75) is 44.9 Å². The van der Waals surface area contributed by atoms with Gasteiger partial charge < -0.3 is 15.6 Å². The van der Waals surface area contributed by atoms with E-state index in [1.165, 1.54) is 12.8 Å². The minimum absolute atomic E-state index is 0.191. The van der Waals surface area contributed by atoms with E-state index in [-0.39, 0.29) is 5.54 Å². The van der Waals surface area contributed by atoms with Gasteiger partial charge in [-0.05, 0) is 39.3 Å². The van der Waals surface area contributed by atoms with Crippen LogP contribution in [0.5, 0.6) is 5.75 Å². The Morgan fingerprint density at radius 2 is 2.15 bits per heavy atom. The van der Waals surface area contributed by atoms with Crippen LogP contribution in [0.25, 0.3) is 0 Å². The predicted molar refractivity (Wildman–Crippen MR) is 80.7 cm³/mol. The van der Waals surface area contributed by atoms with E-state index in [1.54, 1.807) is 0 Å². The van der Waals surface area contributed by atoms with Crippen molar-refractivity contribution in [2.24, 2.45) is 5.73 Å². The summed E-state index contributed by atoms with van der Waals surface area (Å²) < 4.78 is 5.71. The molecule has 1 aromatic rings. The fraction of sp³-hybridized carbons (Fsp3) is 0.625. The van der Waals surface area contributed by atoms with E-state index in [0.29, 0.717) is 19.7 Å². The summed E-state index contributed by atoms with van der Waals surface area (Å²) >= 11 is 0. The lowest BCUT2D eigenvalue weighted by Gasteiger charge is -2.33. The minimum Gasteiger partial charge on any atom is -0.491 e. The third-order valence-electron chi connectivity index (χ3n) is 4.13. The minimum atomic E-state index is -0.474. The van der Waals surface area contributed by atoms with Crippen LogP contribution in [0.1, 0.15) is 32.3 Å². The molecule has 1 saturated heterocycles. The fourth-order valence-electron chi connectivity index (χ4n) is 2.81. The van der Waals surface area contributed by atoms with Crippen LogP contribution in [0, 0.1) is 0 Å². The maximum absolute atomic E-state index is 10.2. The Bertz CT molecular complexity index is 434. The van der Waals surface area contributed by atoms with Crippen molar-refractivity contribution in [1.82, 2.24) is 4.90 Å². The molecule has 112 valence electrons. The number of nitrogens with two attached hydrogens (primary N) is 1. The molecule has 4 heteroatoms. The Labute approximate surface area is 121 Å². The Kier molecular flexibility index (Phi) is 5.02. The molecule has 1 aliphatic heterocycles. The third kappa shape index (κ3) is 3.72. The van der Waals surface area contributed by atoms with Crippen molar-refractivity contribution in [1.29, 1.82) is 0 Å². The van der Waals surface area contributed by atoms with Crippen molar-refractivity contribution in [3.63, 3.8) is 0 Å². The van der Waals surface area contributed by atoms with Gasteiger partial charge in [0.05, 0.1) is 0 Å². The lowest BCUT2D eigenvalue weighted by atomic mass is 10.0. The first-order valence-corrected chi connectivity index (χ1v) is 7.37. The second kappa shape index (κ2) is 6.57. The zero-order valence-corrected chi connectivity index (χ0v) is 12.5. The van der Waals surface area contributed by atoms with Crippen LogP contribution in [0.3, 0.4) is 0 Å². The number of hydrogen-bond donors (Lipinski definition) is 2. The highest BCUT2D eigenvalue weighted by Crippen LogP contribution is 2.28. The highest BCUT2D eigenvalue weighted by molar-refractivity contribution is 5.32. The van der Waals surface area contributed by atoms with Crippen LogP contribution >= 0.6 is 0 Å². The van der Waals surface area contributed by atoms with Crippen LogP contribution in [0.2, 0.25) is 0 Å². The van der Waals surface area contributed by atoms with E-state index in [1.807, 2.05) is 24.3 Å². The normalized spacial score (nSPS) is 20.0. The molecule has 1 fully saturated rings. The largest absolute Gasteiger partial charge is 0.491 e. The quantitative estimate of drug-likeness (QED) is 0.832. The maximum Gasteiger partial charge on any atom is 0.123 e. The third-order valence-corrected chi connectivity index (χ3v) is 4.13. The standard InChI is InChI=1S/C16H26N2O2/c1-16(2)8-5-9-18(16)11-14(19)12-20-15-7-4-3-6-13(15)10-17/h3-4,6-7,14,19H,5,8-12,17H2,1-2H3. The van der Waals surface area contributed by atoms with E-state index >= 15 is 0 Å². The number of likely N-dealkylation sites (tertiary alicyclic amines) is 1. The van der Waals surface area contributed by atoms with Gasteiger partial charge in [0, 0.05) is 24.2 Å². The first-order chi connectivity index (χ1) is 9.53. The topological polar surface area (TPSA) is 58.7 Å². The SMILES string of the molecule is CC1(C)CCCN1CC(O)COc1ccccc1CN. The van der Waals surface area contributed by atoms with Crippen LogP contribution in [-0.2, 0) is 6.54 Å². The van der Waals surface area contributed by atoms with Crippen molar-refractivity contribution in [3.8, 4) is 5.75 Å². The number of aliphatic hydroxyl groups is 1. The number of ether oxygens (including phenoxy) is 1. The molecule has 1 unspecified atom stereocenters. The molecular weight excluding hydrogens is 252 g/mol. The van der Waals surface area contributed by atoms with Gasteiger partial charge in [-0.2, -0.15) is 0 Å². The molecule has 2 rings (SSSR count). The Morgan fingerprint density at radius 1 is 1.40 bits per heavy atom. The summed E-state index contributed by atoms with van der Waals surface area (Å²) in [5.41, 5.74) is 6.84. The molecule has 20 heavy (non-hydrogen) atoms. The van der Waals surface area contributed by atoms with Crippen LogP contribution in [0.15, 0.2) is 24.3 Å². The van der Waals surface area contributed by atoms with E-state index < -0.39 is 6.10 Å². The number of β-amino-alcohol motifs (C(OH)–C–C–N with tert-alkyl or cyclic N) is 1. The predicted octanol–water partition coefficient (Wildman–Crippen LogP) is 1.76. The van der Waals surface area contributed by atoms with Crippen molar-refractivity contribution < 1.29 is 9.84 Å². The Morgan fingerprint density at radius 3 is 2.80 bits per heavy atom. The summed E-state index contributed by atoms with van der Waals surface area (Å²) in [5, 5.41) is 10.2. The molecule has 0 amide bonds. The molecule has 1 aromatic carbocycles. The molecule has 3 N–H and O–H groups in total. The molecule has 0 aromatic heterocycles. The number of para-hydroxylation sites is 1.